The molecule has 1 saturated carbocycles. The van der Waals surface area contributed by atoms with Crippen molar-refractivity contribution in [2.24, 2.45) is 16.6 Å². The first-order valence-corrected chi connectivity index (χ1v) is 9.19. The highest BCUT2D eigenvalue weighted by Gasteiger charge is 2.24. The summed E-state index contributed by atoms with van der Waals surface area (Å²) in [6.07, 6.45) is 6.06. The minimum atomic E-state index is -0.231. The molecule has 2 fully saturated rings. The van der Waals surface area contributed by atoms with Gasteiger partial charge in [0.25, 0.3) is 0 Å². The Labute approximate surface area is 144 Å². The quantitative estimate of drug-likeness (QED) is 0.343. The predicted molar refractivity (Wildman–Crippen MR) is 94.5 cm³/mol. The smallest absolute Gasteiger partial charge is 0.220 e. The lowest BCUT2D eigenvalue weighted by atomic mass is 9.95. The number of nitrogens with zero attached hydrogens (tertiary/aromatic N) is 2. The lowest BCUT2D eigenvalue weighted by Gasteiger charge is -2.34. The van der Waals surface area contributed by atoms with Crippen molar-refractivity contribution in [2.45, 2.75) is 57.9 Å². The summed E-state index contributed by atoms with van der Waals surface area (Å²) >= 11 is 0. The lowest BCUT2D eigenvalue weighted by Crippen LogP contribution is -2.47. The largest absolute Gasteiger partial charge is 0.370 e. The third-order valence-corrected chi connectivity index (χ3v) is 4.41. The zero-order chi connectivity index (χ0) is 17.4. The van der Waals surface area contributed by atoms with Gasteiger partial charge in [0.05, 0.1) is 0 Å². The summed E-state index contributed by atoms with van der Waals surface area (Å²) in [7, 11) is 0. The minimum Gasteiger partial charge on any atom is -0.370 e. The van der Waals surface area contributed by atoms with Gasteiger partial charge in [0, 0.05) is 45.1 Å². The zero-order valence-electron chi connectivity index (χ0n) is 14.7. The molecule has 0 aromatic carbocycles. The molecule has 0 aromatic heterocycles. The number of nitrogens with one attached hydrogen (secondary N) is 2. The molecular weight excluding hydrogens is 306 g/mol. The monoisotopic (exact) mass is 337 g/mol. The summed E-state index contributed by atoms with van der Waals surface area (Å²) in [4.78, 5) is 29.7. The highest BCUT2D eigenvalue weighted by Crippen LogP contribution is 2.20. The first-order chi connectivity index (χ1) is 11.6. The van der Waals surface area contributed by atoms with E-state index in [2.05, 4.69) is 20.5 Å². The summed E-state index contributed by atoms with van der Waals surface area (Å²) in [5.41, 5.74) is 5.33. The lowest BCUT2D eigenvalue weighted by molar-refractivity contribution is -0.121. The maximum atomic E-state index is 11.7. The van der Waals surface area contributed by atoms with E-state index in [1.54, 1.807) is 0 Å². The number of carbonyl (C=O) groups excluding carboxylic acids is 2. The number of piperidine rings is 1. The Balaban J connectivity index is 1.77. The zero-order valence-corrected chi connectivity index (χ0v) is 14.7. The SMILES string of the molecule is CCNC(=NCCCC(=O)NC1CC1)N1CCCC(CC(N)=O)C1. The second kappa shape index (κ2) is 9.49. The molecule has 0 spiro atoms. The van der Waals surface area contributed by atoms with Crippen LogP contribution in [0.3, 0.4) is 0 Å². The number of likely N-dealkylation sites (tertiary alicyclic amines) is 1. The van der Waals surface area contributed by atoms with Crippen molar-refractivity contribution in [1.29, 1.82) is 0 Å². The maximum absolute atomic E-state index is 11.7. The topological polar surface area (TPSA) is 99.8 Å². The molecule has 1 heterocycles. The van der Waals surface area contributed by atoms with E-state index in [0.717, 1.165) is 57.7 Å². The van der Waals surface area contributed by atoms with Crippen LogP contribution in [0, 0.1) is 5.92 Å². The van der Waals surface area contributed by atoms with Gasteiger partial charge < -0.3 is 21.3 Å². The third-order valence-electron chi connectivity index (χ3n) is 4.41. The van der Waals surface area contributed by atoms with Crippen LogP contribution in [0.4, 0.5) is 0 Å². The molecule has 2 amide bonds. The Morgan fingerprint density at radius 3 is 2.75 bits per heavy atom. The summed E-state index contributed by atoms with van der Waals surface area (Å²) in [6.45, 7) is 5.25. The van der Waals surface area contributed by atoms with E-state index >= 15 is 0 Å². The number of guanidine groups is 1. The molecule has 1 atom stereocenters. The molecule has 7 heteroatoms. The number of carbonyl (C=O) groups is 2. The standard InChI is InChI=1S/C17H31N5O2/c1-2-19-17(20-9-3-6-16(24)21-14-7-8-14)22-10-4-5-13(12-22)11-15(18)23/h13-14H,2-12H2,1H3,(H2,18,23)(H,19,20)(H,21,24). The van der Waals surface area contributed by atoms with Crippen LogP contribution in [0.15, 0.2) is 4.99 Å². The van der Waals surface area contributed by atoms with Crippen molar-refractivity contribution in [3.8, 4) is 0 Å². The van der Waals surface area contributed by atoms with E-state index in [0.29, 0.717) is 31.3 Å². The van der Waals surface area contributed by atoms with Crippen LogP contribution in [0.25, 0.3) is 0 Å². The summed E-state index contributed by atoms with van der Waals surface area (Å²) in [6, 6.07) is 0.425. The fourth-order valence-corrected chi connectivity index (χ4v) is 3.09. The molecule has 4 N–H and O–H groups in total. The second-order valence-electron chi connectivity index (χ2n) is 6.81. The van der Waals surface area contributed by atoms with Gasteiger partial charge in [0.2, 0.25) is 11.8 Å². The highest BCUT2D eigenvalue weighted by molar-refractivity contribution is 5.80. The van der Waals surface area contributed by atoms with Crippen molar-refractivity contribution < 1.29 is 9.59 Å². The van der Waals surface area contributed by atoms with Crippen LogP contribution in [0.5, 0.6) is 0 Å². The van der Waals surface area contributed by atoms with E-state index in [-0.39, 0.29) is 11.8 Å². The fraction of sp³-hybridized carbons (Fsp3) is 0.824. The average molecular weight is 337 g/mol. The van der Waals surface area contributed by atoms with Crippen molar-refractivity contribution >= 4 is 17.8 Å². The number of amides is 2. The van der Waals surface area contributed by atoms with Crippen LogP contribution < -0.4 is 16.4 Å². The Morgan fingerprint density at radius 2 is 2.08 bits per heavy atom. The first-order valence-electron chi connectivity index (χ1n) is 9.19. The van der Waals surface area contributed by atoms with Crippen LogP contribution in [-0.4, -0.2) is 54.9 Å². The fourth-order valence-electron chi connectivity index (χ4n) is 3.09. The predicted octanol–water partition coefficient (Wildman–Crippen LogP) is 0.598. The Bertz CT molecular complexity index is 462. The normalized spacial score (nSPS) is 21.5. The summed E-state index contributed by atoms with van der Waals surface area (Å²) < 4.78 is 0. The van der Waals surface area contributed by atoms with Crippen molar-refractivity contribution in [3.63, 3.8) is 0 Å². The first kappa shape index (κ1) is 18.5. The van der Waals surface area contributed by atoms with Gasteiger partial charge in [-0.25, -0.2) is 0 Å². The third kappa shape index (κ3) is 6.76. The second-order valence-corrected chi connectivity index (χ2v) is 6.81. The molecule has 136 valence electrons. The van der Waals surface area contributed by atoms with Crippen LogP contribution in [-0.2, 0) is 9.59 Å². The molecule has 0 radical (unpaired) electrons. The molecule has 1 aliphatic carbocycles. The van der Waals surface area contributed by atoms with Crippen LogP contribution >= 0.6 is 0 Å². The molecule has 2 rings (SSSR count). The Hall–Kier alpha value is -1.79. The molecule has 0 aromatic rings. The van der Waals surface area contributed by atoms with Gasteiger partial charge in [-0.2, -0.15) is 0 Å². The molecule has 1 aliphatic heterocycles. The highest BCUT2D eigenvalue weighted by atomic mass is 16.2. The van der Waals surface area contributed by atoms with Gasteiger partial charge in [0.1, 0.15) is 0 Å². The molecule has 24 heavy (non-hydrogen) atoms. The number of nitrogens with two attached hydrogens (primary N) is 1. The van der Waals surface area contributed by atoms with Crippen molar-refractivity contribution in [3.05, 3.63) is 0 Å². The number of hydrogen-bond acceptors (Lipinski definition) is 3. The van der Waals surface area contributed by atoms with E-state index in [9.17, 15) is 9.59 Å². The van der Waals surface area contributed by atoms with Crippen LogP contribution in [0.2, 0.25) is 0 Å². The number of rotatable bonds is 8. The number of aliphatic imine (C=N–C) groups is 1. The van der Waals surface area contributed by atoms with Crippen molar-refractivity contribution in [1.82, 2.24) is 15.5 Å². The minimum absolute atomic E-state index is 0.136. The summed E-state index contributed by atoms with van der Waals surface area (Å²) in [5.74, 6) is 1.10. The number of hydrogen-bond donors (Lipinski definition) is 3. The van der Waals surface area contributed by atoms with E-state index < -0.39 is 0 Å². The Kier molecular flexibility index (Phi) is 7.34. The van der Waals surface area contributed by atoms with Gasteiger partial charge in [0.15, 0.2) is 5.96 Å². The average Bonchev–Trinajstić information content (AvgIpc) is 3.34. The molecular formula is C17H31N5O2. The van der Waals surface area contributed by atoms with E-state index in [1.807, 2.05) is 6.92 Å². The maximum Gasteiger partial charge on any atom is 0.220 e. The molecule has 1 unspecified atom stereocenters. The van der Waals surface area contributed by atoms with Gasteiger partial charge in [-0.3, -0.25) is 14.6 Å². The van der Waals surface area contributed by atoms with Crippen LogP contribution in [0.1, 0.15) is 51.9 Å². The molecule has 0 bridgehead atoms. The van der Waals surface area contributed by atoms with Gasteiger partial charge in [-0.1, -0.05) is 0 Å². The van der Waals surface area contributed by atoms with Gasteiger partial charge in [-0.15, -0.1) is 0 Å². The number of primary amides is 1. The van der Waals surface area contributed by atoms with Gasteiger partial charge in [-0.05, 0) is 44.9 Å². The van der Waals surface area contributed by atoms with Crippen molar-refractivity contribution in [2.75, 3.05) is 26.2 Å². The molecule has 1 saturated heterocycles. The molecule has 7 nitrogen and oxygen atoms in total. The van der Waals surface area contributed by atoms with E-state index in [1.165, 1.54) is 0 Å². The van der Waals surface area contributed by atoms with Gasteiger partial charge >= 0.3 is 0 Å². The van der Waals surface area contributed by atoms with E-state index in [4.69, 9.17) is 5.73 Å². The molecule has 2 aliphatic rings. The summed E-state index contributed by atoms with van der Waals surface area (Å²) in [5, 5.41) is 6.31. The Morgan fingerprint density at radius 1 is 1.29 bits per heavy atom.